The molecule has 2 fully saturated rings. The van der Waals surface area contributed by atoms with Crippen LogP contribution in [0.2, 0.25) is 0 Å². The van der Waals surface area contributed by atoms with E-state index in [1.807, 2.05) is 0 Å². The molecule has 0 aromatic heterocycles. The van der Waals surface area contributed by atoms with E-state index in [9.17, 15) is 0 Å². The molecule has 94 valence electrons. The Balaban J connectivity index is 1.64. The van der Waals surface area contributed by atoms with Crippen molar-refractivity contribution in [3.05, 3.63) is 0 Å². The Bertz CT molecular complexity index is 209. The molecule has 0 aliphatic heterocycles. The van der Waals surface area contributed by atoms with Crippen molar-refractivity contribution in [1.29, 1.82) is 0 Å². The minimum Gasteiger partial charge on any atom is -0.396 e. The van der Waals surface area contributed by atoms with Gasteiger partial charge in [0.1, 0.15) is 0 Å². The zero-order chi connectivity index (χ0) is 11.4. The summed E-state index contributed by atoms with van der Waals surface area (Å²) in [5.41, 5.74) is 0.447. The molecule has 0 radical (unpaired) electrons. The van der Waals surface area contributed by atoms with Gasteiger partial charge in [-0.05, 0) is 43.9 Å². The van der Waals surface area contributed by atoms with Crippen molar-refractivity contribution in [1.82, 2.24) is 5.32 Å². The molecule has 0 heterocycles. The van der Waals surface area contributed by atoms with E-state index in [4.69, 9.17) is 5.11 Å². The molecule has 2 heteroatoms. The highest BCUT2D eigenvalue weighted by molar-refractivity contribution is 4.90. The summed E-state index contributed by atoms with van der Waals surface area (Å²) in [5, 5.41) is 12.8. The second-order valence-corrected chi connectivity index (χ2v) is 6.14. The molecule has 2 aliphatic carbocycles. The number of rotatable bonds is 7. The van der Waals surface area contributed by atoms with Gasteiger partial charge in [-0.3, -0.25) is 0 Å². The fourth-order valence-corrected chi connectivity index (χ4v) is 3.13. The van der Waals surface area contributed by atoms with E-state index in [-0.39, 0.29) is 0 Å². The average molecular weight is 225 g/mol. The van der Waals surface area contributed by atoms with Crippen LogP contribution in [0, 0.1) is 11.3 Å². The molecular formula is C14H27NO. The molecule has 1 unspecified atom stereocenters. The number of aliphatic hydroxyl groups is 1. The Hall–Kier alpha value is -0.0800. The summed E-state index contributed by atoms with van der Waals surface area (Å²) >= 11 is 0. The third-order valence-electron chi connectivity index (χ3n) is 4.79. The van der Waals surface area contributed by atoms with Gasteiger partial charge in [0.05, 0.1) is 0 Å². The number of hydrogen-bond acceptors (Lipinski definition) is 2. The van der Waals surface area contributed by atoms with E-state index in [0.717, 1.165) is 18.9 Å². The van der Waals surface area contributed by atoms with Crippen LogP contribution >= 0.6 is 0 Å². The zero-order valence-electron chi connectivity index (χ0n) is 10.7. The summed E-state index contributed by atoms with van der Waals surface area (Å²) in [6.07, 6.45) is 10.7. The second-order valence-electron chi connectivity index (χ2n) is 6.14. The van der Waals surface area contributed by atoms with Gasteiger partial charge < -0.3 is 10.4 Å². The van der Waals surface area contributed by atoms with Crippen LogP contribution in [0.3, 0.4) is 0 Å². The first kappa shape index (κ1) is 12.4. The Labute approximate surface area is 99.8 Å². The van der Waals surface area contributed by atoms with Crippen LogP contribution in [-0.4, -0.2) is 24.3 Å². The van der Waals surface area contributed by atoms with Crippen molar-refractivity contribution in [2.75, 3.05) is 13.2 Å². The lowest BCUT2D eigenvalue weighted by Gasteiger charge is -2.43. The quantitative estimate of drug-likeness (QED) is 0.698. The van der Waals surface area contributed by atoms with Crippen molar-refractivity contribution in [2.45, 2.75) is 64.3 Å². The Kier molecular flexibility index (Phi) is 4.26. The lowest BCUT2D eigenvalue weighted by Crippen LogP contribution is -2.44. The van der Waals surface area contributed by atoms with E-state index in [2.05, 4.69) is 12.2 Å². The van der Waals surface area contributed by atoms with Crippen molar-refractivity contribution >= 4 is 0 Å². The van der Waals surface area contributed by atoms with Gasteiger partial charge in [-0.1, -0.05) is 25.7 Å². The Morgan fingerprint density at radius 2 is 2.06 bits per heavy atom. The third-order valence-corrected chi connectivity index (χ3v) is 4.79. The number of aliphatic hydroxyl groups excluding tert-OH is 1. The summed E-state index contributed by atoms with van der Waals surface area (Å²) in [7, 11) is 0. The molecule has 2 saturated carbocycles. The highest BCUT2D eigenvalue weighted by Gasteiger charge is 2.36. The van der Waals surface area contributed by atoms with Gasteiger partial charge >= 0.3 is 0 Å². The molecular weight excluding hydrogens is 198 g/mol. The fourth-order valence-electron chi connectivity index (χ4n) is 3.13. The smallest absolute Gasteiger partial charge is 0.0436 e. The highest BCUT2D eigenvalue weighted by atomic mass is 16.3. The van der Waals surface area contributed by atoms with Crippen molar-refractivity contribution in [2.24, 2.45) is 11.3 Å². The monoisotopic (exact) mass is 225 g/mol. The van der Waals surface area contributed by atoms with Gasteiger partial charge in [-0.2, -0.15) is 0 Å². The van der Waals surface area contributed by atoms with Gasteiger partial charge in [-0.25, -0.2) is 0 Å². The maximum atomic E-state index is 9.10. The van der Waals surface area contributed by atoms with Gasteiger partial charge in [-0.15, -0.1) is 0 Å². The SMILES string of the molecule is CC(CC1CCC1)NCC1(CCO)CCC1. The average Bonchev–Trinajstić information content (AvgIpc) is 2.16. The van der Waals surface area contributed by atoms with E-state index in [1.54, 1.807) is 0 Å². The number of nitrogens with one attached hydrogen (secondary N) is 1. The molecule has 16 heavy (non-hydrogen) atoms. The molecule has 0 aromatic rings. The van der Waals surface area contributed by atoms with Gasteiger partial charge in [0.15, 0.2) is 0 Å². The maximum Gasteiger partial charge on any atom is 0.0436 e. The van der Waals surface area contributed by atoms with Crippen LogP contribution in [0.25, 0.3) is 0 Å². The fraction of sp³-hybridized carbons (Fsp3) is 1.00. The molecule has 2 nitrogen and oxygen atoms in total. The van der Waals surface area contributed by atoms with Crippen LogP contribution in [-0.2, 0) is 0 Å². The lowest BCUT2D eigenvalue weighted by molar-refractivity contribution is 0.0812. The van der Waals surface area contributed by atoms with Crippen molar-refractivity contribution < 1.29 is 5.11 Å². The molecule has 0 bridgehead atoms. The first-order valence-corrected chi connectivity index (χ1v) is 7.08. The largest absolute Gasteiger partial charge is 0.396 e. The summed E-state index contributed by atoms with van der Waals surface area (Å²) in [4.78, 5) is 0. The molecule has 0 amide bonds. The topological polar surface area (TPSA) is 32.3 Å². The molecule has 0 spiro atoms. The van der Waals surface area contributed by atoms with E-state index < -0.39 is 0 Å². The van der Waals surface area contributed by atoms with Crippen molar-refractivity contribution in [3.8, 4) is 0 Å². The maximum absolute atomic E-state index is 9.10. The van der Waals surface area contributed by atoms with Crippen LogP contribution in [0.5, 0.6) is 0 Å². The molecule has 1 atom stereocenters. The second kappa shape index (κ2) is 5.50. The molecule has 0 aromatic carbocycles. The lowest BCUT2D eigenvalue weighted by atomic mass is 9.66. The third kappa shape index (κ3) is 2.98. The van der Waals surface area contributed by atoms with E-state index in [1.165, 1.54) is 44.9 Å². The first-order chi connectivity index (χ1) is 7.74. The zero-order valence-corrected chi connectivity index (χ0v) is 10.7. The Morgan fingerprint density at radius 3 is 2.50 bits per heavy atom. The van der Waals surface area contributed by atoms with Gasteiger partial charge in [0, 0.05) is 19.2 Å². The highest BCUT2D eigenvalue weighted by Crippen LogP contribution is 2.43. The van der Waals surface area contributed by atoms with Crippen LogP contribution < -0.4 is 5.32 Å². The molecule has 2 N–H and O–H groups in total. The Morgan fingerprint density at radius 1 is 1.31 bits per heavy atom. The molecule has 0 saturated heterocycles. The summed E-state index contributed by atoms with van der Waals surface area (Å²) in [6.45, 7) is 3.81. The van der Waals surface area contributed by atoms with Crippen LogP contribution in [0.1, 0.15) is 58.3 Å². The van der Waals surface area contributed by atoms with Crippen molar-refractivity contribution in [3.63, 3.8) is 0 Å². The minimum atomic E-state index is 0.360. The minimum absolute atomic E-state index is 0.360. The summed E-state index contributed by atoms with van der Waals surface area (Å²) in [5.74, 6) is 0.998. The molecule has 2 rings (SSSR count). The van der Waals surface area contributed by atoms with Gasteiger partial charge in [0.2, 0.25) is 0 Å². The van der Waals surface area contributed by atoms with Gasteiger partial charge in [0.25, 0.3) is 0 Å². The first-order valence-electron chi connectivity index (χ1n) is 7.08. The van der Waals surface area contributed by atoms with Crippen LogP contribution in [0.4, 0.5) is 0 Å². The standard InChI is InChI=1S/C14H27NO/c1-12(10-13-4-2-5-13)15-11-14(8-9-16)6-3-7-14/h12-13,15-16H,2-11H2,1H3. The molecule has 2 aliphatic rings. The van der Waals surface area contributed by atoms with Crippen LogP contribution in [0.15, 0.2) is 0 Å². The predicted octanol–water partition coefficient (Wildman–Crippen LogP) is 2.71. The summed E-state index contributed by atoms with van der Waals surface area (Å²) < 4.78 is 0. The van der Waals surface area contributed by atoms with E-state index in [0.29, 0.717) is 18.1 Å². The van der Waals surface area contributed by atoms with E-state index >= 15 is 0 Å². The number of hydrogen-bond donors (Lipinski definition) is 2. The predicted molar refractivity (Wildman–Crippen MR) is 67.4 cm³/mol. The normalized spacial score (nSPS) is 25.9. The summed E-state index contributed by atoms with van der Waals surface area (Å²) in [6, 6.07) is 0.668.